The van der Waals surface area contributed by atoms with Gasteiger partial charge in [-0.3, -0.25) is 5.32 Å². The van der Waals surface area contributed by atoms with Crippen molar-refractivity contribution in [1.82, 2.24) is 5.32 Å². The second-order valence-corrected chi connectivity index (χ2v) is 5.60. The van der Waals surface area contributed by atoms with Crippen molar-refractivity contribution in [2.24, 2.45) is 0 Å². The minimum atomic E-state index is -0.158. The van der Waals surface area contributed by atoms with E-state index < -0.39 is 0 Å². The second-order valence-electron chi connectivity index (χ2n) is 3.73. The van der Waals surface area contributed by atoms with Gasteiger partial charge in [-0.05, 0) is 41.6 Å². The van der Waals surface area contributed by atoms with Gasteiger partial charge < -0.3 is 5.32 Å². The molecule has 0 saturated heterocycles. The summed E-state index contributed by atoms with van der Waals surface area (Å²) in [4.78, 5) is 11.5. The lowest BCUT2D eigenvalue weighted by Crippen LogP contribution is -2.30. The van der Waals surface area contributed by atoms with Gasteiger partial charge in [0.05, 0.1) is 5.00 Å². The number of thiophene rings is 1. The molecule has 0 fully saturated rings. The van der Waals surface area contributed by atoms with Crippen LogP contribution in [0.1, 0.15) is 5.56 Å². The van der Waals surface area contributed by atoms with E-state index in [-0.39, 0.29) is 6.03 Å². The van der Waals surface area contributed by atoms with Gasteiger partial charge in [0.25, 0.3) is 0 Å². The predicted octanol–water partition coefficient (Wildman–Crippen LogP) is 3.87. The third kappa shape index (κ3) is 4.16. The number of halogens is 1. The monoisotopic (exact) mass is 324 g/mol. The average Bonchev–Trinajstić information content (AvgIpc) is 2.84. The Kier molecular flexibility index (Phi) is 4.78. The molecule has 5 heteroatoms. The van der Waals surface area contributed by atoms with E-state index in [1.807, 2.05) is 41.8 Å². The topological polar surface area (TPSA) is 41.1 Å². The number of carbonyl (C=O) groups excluding carboxylic acids is 1. The fourth-order valence-electron chi connectivity index (χ4n) is 1.48. The number of hydrogen-bond donors (Lipinski definition) is 2. The molecule has 2 aromatic rings. The first-order valence-corrected chi connectivity index (χ1v) is 7.24. The van der Waals surface area contributed by atoms with Crippen LogP contribution in [0.2, 0.25) is 0 Å². The van der Waals surface area contributed by atoms with Crippen LogP contribution >= 0.6 is 27.3 Å². The molecule has 2 N–H and O–H groups in total. The van der Waals surface area contributed by atoms with E-state index in [4.69, 9.17) is 0 Å². The van der Waals surface area contributed by atoms with E-state index in [2.05, 4.69) is 26.6 Å². The van der Waals surface area contributed by atoms with Crippen LogP contribution in [0.5, 0.6) is 0 Å². The number of amides is 2. The first-order chi connectivity index (χ1) is 8.74. The summed E-state index contributed by atoms with van der Waals surface area (Å²) in [7, 11) is 0. The van der Waals surface area contributed by atoms with Crippen LogP contribution in [-0.2, 0) is 6.42 Å². The molecule has 1 aromatic carbocycles. The zero-order valence-corrected chi connectivity index (χ0v) is 12.1. The maximum atomic E-state index is 11.5. The third-order valence-electron chi connectivity index (χ3n) is 2.37. The lowest BCUT2D eigenvalue weighted by molar-refractivity contribution is 0.252. The van der Waals surface area contributed by atoms with Crippen LogP contribution in [0.25, 0.3) is 0 Å². The van der Waals surface area contributed by atoms with Gasteiger partial charge in [-0.25, -0.2) is 4.79 Å². The van der Waals surface area contributed by atoms with Crippen LogP contribution in [-0.4, -0.2) is 12.6 Å². The normalized spacial score (nSPS) is 10.1. The van der Waals surface area contributed by atoms with Crippen LogP contribution in [0.15, 0.2) is 46.3 Å². The molecule has 0 spiro atoms. The molecule has 0 unspecified atom stereocenters. The molecule has 0 atom stereocenters. The molecule has 0 aliphatic carbocycles. The summed E-state index contributed by atoms with van der Waals surface area (Å²) < 4.78 is 1.06. The summed E-state index contributed by atoms with van der Waals surface area (Å²) in [5.74, 6) is 0. The van der Waals surface area contributed by atoms with Crippen LogP contribution in [0.4, 0.5) is 9.80 Å². The molecule has 0 radical (unpaired) electrons. The van der Waals surface area contributed by atoms with E-state index in [0.717, 1.165) is 15.9 Å². The highest BCUT2D eigenvalue weighted by molar-refractivity contribution is 9.10. The molecule has 3 nitrogen and oxygen atoms in total. The number of rotatable bonds is 4. The predicted molar refractivity (Wildman–Crippen MR) is 79.2 cm³/mol. The lowest BCUT2D eigenvalue weighted by atomic mass is 10.1. The van der Waals surface area contributed by atoms with Gasteiger partial charge in [-0.1, -0.05) is 28.1 Å². The molecule has 94 valence electrons. The Morgan fingerprint density at radius 1 is 1.22 bits per heavy atom. The van der Waals surface area contributed by atoms with Crippen molar-refractivity contribution in [2.45, 2.75) is 6.42 Å². The molecule has 1 heterocycles. The molecule has 2 rings (SSSR count). The quantitative estimate of drug-likeness (QED) is 0.880. The largest absolute Gasteiger partial charge is 0.338 e. The molecule has 0 aliphatic rings. The number of carbonyl (C=O) groups is 1. The first-order valence-electron chi connectivity index (χ1n) is 5.57. The van der Waals surface area contributed by atoms with Gasteiger partial charge in [0.15, 0.2) is 0 Å². The van der Waals surface area contributed by atoms with E-state index >= 15 is 0 Å². The van der Waals surface area contributed by atoms with Crippen LogP contribution in [0.3, 0.4) is 0 Å². The minimum absolute atomic E-state index is 0.158. The third-order valence-corrected chi connectivity index (χ3v) is 3.68. The zero-order valence-electron chi connectivity index (χ0n) is 9.65. The SMILES string of the molecule is O=C(NCCc1ccc(Br)cc1)Nc1cccs1. The van der Waals surface area contributed by atoms with Crippen molar-refractivity contribution < 1.29 is 4.79 Å². The Hall–Kier alpha value is -1.33. The maximum absolute atomic E-state index is 11.5. The highest BCUT2D eigenvalue weighted by Crippen LogP contribution is 2.14. The summed E-state index contributed by atoms with van der Waals surface area (Å²) in [6.07, 6.45) is 0.825. The number of benzene rings is 1. The first kappa shape index (κ1) is 13.1. The molecule has 0 aliphatic heterocycles. The van der Waals surface area contributed by atoms with Gasteiger partial charge in [0.2, 0.25) is 0 Å². The molecule has 0 bridgehead atoms. The molecule has 1 aromatic heterocycles. The fourth-order valence-corrected chi connectivity index (χ4v) is 2.35. The number of nitrogens with one attached hydrogen (secondary N) is 2. The van der Waals surface area contributed by atoms with Gasteiger partial charge in [0, 0.05) is 11.0 Å². The Morgan fingerprint density at radius 2 is 2.00 bits per heavy atom. The van der Waals surface area contributed by atoms with E-state index in [1.54, 1.807) is 0 Å². The standard InChI is InChI=1S/C13H13BrN2OS/c14-11-5-3-10(4-6-11)7-8-15-13(17)16-12-2-1-9-18-12/h1-6,9H,7-8H2,(H2,15,16,17). The Bertz CT molecular complexity index is 496. The zero-order chi connectivity index (χ0) is 12.8. The summed E-state index contributed by atoms with van der Waals surface area (Å²) in [6.45, 7) is 0.624. The Labute approximate surface area is 118 Å². The van der Waals surface area contributed by atoms with Crippen molar-refractivity contribution in [3.8, 4) is 0 Å². The highest BCUT2D eigenvalue weighted by Gasteiger charge is 2.01. The fraction of sp³-hybridized carbons (Fsp3) is 0.154. The second kappa shape index (κ2) is 6.56. The van der Waals surface area contributed by atoms with E-state index in [0.29, 0.717) is 6.54 Å². The van der Waals surface area contributed by atoms with Gasteiger partial charge in [-0.2, -0.15) is 0 Å². The summed E-state index contributed by atoms with van der Waals surface area (Å²) in [6, 6.07) is 11.7. The molecule has 2 amide bonds. The summed E-state index contributed by atoms with van der Waals surface area (Å²) >= 11 is 4.90. The smallest absolute Gasteiger partial charge is 0.319 e. The lowest BCUT2D eigenvalue weighted by Gasteiger charge is -2.06. The molecule has 18 heavy (non-hydrogen) atoms. The van der Waals surface area contributed by atoms with Gasteiger partial charge in [-0.15, -0.1) is 11.3 Å². The number of anilines is 1. The van der Waals surface area contributed by atoms with Crippen molar-refractivity contribution in [3.05, 3.63) is 51.8 Å². The Balaban J connectivity index is 1.72. The Morgan fingerprint density at radius 3 is 2.67 bits per heavy atom. The van der Waals surface area contributed by atoms with E-state index in [9.17, 15) is 4.79 Å². The maximum Gasteiger partial charge on any atom is 0.319 e. The van der Waals surface area contributed by atoms with E-state index in [1.165, 1.54) is 16.9 Å². The van der Waals surface area contributed by atoms with Crippen LogP contribution in [0, 0.1) is 0 Å². The van der Waals surface area contributed by atoms with Gasteiger partial charge in [0.1, 0.15) is 0 Å². The minimum Gasteiger partial charge on any atom is -0.338 e. The summed E-state index contributed by atoms with van der Waals surface area (Å²) in [5, 5.41) is 8.39. The molecular weight excluding hydrogens is 312 g/mol. The molecule has 0 saturated carbocycles. The number of urea groups is 1. The van der Waals surface area contributed by atoms with Crippen molar-refractivity contribution >= 4 is 38.3 Å². The van der Waals surface area contributed by atoms with Crippen molar-refractivity contribution in [1.29, 1.82) is 0 Å². The van der Waals surface area contributed by atoms with Crippen molar-refractivity contribution in [3.63, 3.8) is 0 Å². The summed E-state index contributed by atoms with van der Waals surface area (Å²) in [5.41, 5.74) is 1.20. The average molecular weight is 325 g/mol. The van der Waals surface area contributed by atoms with Gasteiger partial charge >= 0.3 is 6.03 Å². The number of hydrogen-bond acceptors (Lipinski definition) is 2. The molecular formula is C13H13BrN2OS. The highest BCUT2D eigenvalue weighted by atomic mass is 79.9. The van der Waals surface area contributed by atoms with Crippen molar-refractivity contribution in [2.75, 3.05) is 11.9 Å². The van der Waals surface area contributed by atoms with Crippen LogP contribution < -0.4 is 10.6 Å².